The Hall–Kier alpha value is -2.44. The van der Waals surface area contributed by atoms with Crippen LogP contribution in [0, 0.1) is 0 Å². The van der Waals surface area contributed by atoms with Crippen molar-refractivity contribution in [2.75, 3.05) is 41.7 Å². The molecule has 0 radical (unpaired) electrons. The zero-order valence-electron chi connectivity index (χ0n) is 16.7. The summed E-state index contributed by atoms with van der Waals surface area (Å²) in [5.74, 6) is 3.13. The van der Waals surface area contributed by atoms with Crippen LogP contribution in [0.15, 0.2) is 24.3 Å². The largest absolute Gasteiger partial charge is 0.493 e. The van der Waals surface area contributed by atoms with Gasteiger partial charge in [-0.2, -0.15) is 0 Å². The highest BCUT2D eigenvalue weighted by atomic mass is 16.7. The van der Waals surface area contributed by atoms with Crippen molar-refractivity contribution in [2.24, 2.45) is 0 Å². The van der Waals surface area contributed by atoms with Gasteiger partial charge in [-0.05, 0) is 54.8 Å². The van der Waals surface area contributed by atoms with Crippen molar-refractivity contribution in [3.8, 4) is 23.0 Å². The molecule has 2 heterocycles. The van der Waals surface area contributed by atoms with E-state index in [1.165, 1.54) is 16.7 Å². The lowest BCUT2D eigenvalue weighted by molar-refractivity contribution is -0.0464. The van der Waals surface area contributed by atoms with Crippen LogP contribution in [0.3, 0.4) is 0 Å². The first-order valence-corrected chi connectivity index (χ1v) is 9.54. The van der Waals surface area contributed by atoms with E-state index in [9.17, 15) is 0 Å². The molecule has 28 heavy (non-hydrogen) atoms. The Kier molecular flexibility index (Phi) is 3.96. The summed E-state index contributed by atoms with van der Waals surface area (Å²) in [6.07, 6.45) is 1.64. The van der Waals surface area contributed by atoms with E-state index >= 15 is 0 Å². The van der Waals surface area contributed by atoms with Crippen LogP contribution in [0.4, 0.5) is 0 Å². The molecule has 1 spiro atoms. The standard InChI is InChI=1S/C22H25NO5/c1-23-8-7-13-9-17(24-2)18(25-3)10-15(13)22(23)11-14-5-6-16-20(28-12-27-16)19(14)21(22)26-4/h5-6,9-10,21H,7-8,11-12H2,1-4H3/t21-,22-/m1/s1. The van der Waals surface area contributed by atoms with Crippen LogP contribution in [-0.4, -0.2) is 46.6 Å². The van der Waals surface area contributed by atoms with Crippen molar-refractivity contribution in [2.45, 2.75) is 24.5 Å². The second-order valence-electron chi connectivity index (χ2n) is 7.62. The average molecular weight is 383 g/mol. The normalized spacial score (nSPS) is 24.9. The van der Waals surface area contributed by atoms with Gasteiger partial charge >= 0.3 is 0 Å². The minimum atomic E-state index is -0.328. The molecule has 0 N–H and O–H groups in total. The van der Waals surface area contributed by atoms with Gasteiger partial charge in [-0.25, -0.2) is 0 Å². The molecule has 0 saturated heterocycles. The lowest BCUT2D eigenvalue weighted by atomic mass is 9.76. The van der Waals surface area contributed by atoms with Crippen molar-refractivity contribution >= 4 is 0 Å². The maximum atomic E-state index is 6.16. The van der Waals surface area contributed by atoms with Crippen LogP contribution in [0.2, 0.25) is 0 Å². The lowest BCUT2D eigenvalue weighted by Gasteiger charge is -2.47. The van der Waals surface area contributed by atoms with Gasteiger partial charge in [0.2, 0.25) is 6.79 Å². The van der Waals surface area contributed by atoms with E-state index in [1.807, 2.05) is 6.07 Å². The fourth-order valence-electron chi connectivity index (χ4n) is 5.21. The highest BCUT2D eigenvalue weighted by molar-refractivity contribution is 5.61. The first-order valence-electron chi connectivity index (χ1n) is 9.54. The molecule has 3 aliphatic rings. The summed E-state index contributed by atoms with van der Waals surface area (Å²) in [5.41, 5.74) is 4.53. The Morgan fingerprint density at radius 3 is 2.57 bits per heavy atom. The third kappa shape index (κ3) is 2.16. The van der Waals surface area contributed by atoms with Gasteiger partial charge in [0.25, 0.3) is 0 Å². The smallest absolute Gasteiger partial charge is 0.231 e. The van der Waals surface area contributed by atoms with E-state index in [-0.39, 0.29) is 18.4 Å². The van der Waals surface area contributed by atoms with Gasteiger partial charge in [0.05, 0.1) is 19.8 Å². The molecular formula is C22H25NO5. The monoisotopic (exact) mass is 383 g/mol. The predicted molar refractivity (Wildman–Crippen MR) is 104 cm³/mol. The number of hydrogen-bond donors (Lipinski definition) is 0. The van der Waals surface area contributed by atoms with E-state index in [1.54, 1.807) is 21.3 Å². The van der Waals surface area contributed by atoms with Gasteiger partial charge in [0, 0.05) is 19.2 Å². The van der Waals surface area contributed by atoms with Crippen molar-refractivity contribution in [3.63, 3.8) is 0 Å². The molecule has 0 bridgehead atoms. The van der Waals surface area contributed by atoms with Crippen LogP contribution < -0.4 is 18.9 Å². The Balaban J connectivity index is 1.74. The van der Waals surface area contributed by atoms with Crippen LogP contribution in [0.25, 0.3) is 0 Å². The summed E-state index contributed by atoms with van der Waals surface area (Å²) in [4.78, 5) is 2.41. The molecule has 1 aliphatic carbocycles. The molecule has 0 unspecified atom stereocenters. The van der Waals surface area contributed by atoms with Crippen LogP contribution in [-0.2, 0) is 23.1 Å². The molecule has 6 nitrogen and oxygen atoms in total. The molecule has 0 fully saturated rings. The zero-order valence-corrected chi connectivity index (χ0v) is 16.7. The Morgan fingerprint density at radius 2 is 1.82 bits per heavy atom. The first kappa shape index (κ1) is 17.6. The fourth-order valence-corrected chi connectivity index (χ4v) is 5.21. The van der Waals surface area contributed by atoms with Crippen molar-refractivity contribution in [3.05, 3.63) is 46.5 Å². The molecular weight excluding hydrogens is 358 g/mol. The first-order chi connectivity index (χ1) is 13.6. The molecule has 0 amide bonds. The summed E-state index contributed by atoms with van der Waals surface area (Å²) >= 11 is 0. The second kappa shape index (κ2) is 6.29. The van der Waals surface area contributed by atoms with E-state index < -0.39 is 0 Å². The maximum absolute atomic E-state index is 6.16. The molecule has 148 valence electrons. The zero-order chi connectivity index (χ0) is 19.5. The van der Waals surface area contributed by atoms with Crippen LogP contribution >= 0.6 is 0 Å². The van der Waals surface area contributed by atoms with Gasteiger partial charge < -0.3 is 23.7 Å². The lowest BCUT2D eigenvalue weighted by Crippen LogP contribution is -2.51. The maximum Gasteiger partial charge on any atom is 0.231 e. The topological polar surface area (TPSA) is 49.4 Å². The molecule has 5 rings (SSSR count). The van der Waals surface area contributed by atoms with Gasteiger partial charge in [0.1, 0.15) is 6.10 Å². The SMILES string of the molecule is COc1cc2c(cc1OC)[C@@]1(Cc3ccc4c(c3[C@H]1OC)OCO4)N(C)CC2. The fraction of sp³-hybridized carbons (Fsp3) is 0.455. The quantitative estimate of drug-likeness (QED) is 0.812. The molecule has 2 aromatic carbocycles. The highest BCUT2D eigenvalue weighted by Gasteiger charge is 2.55. The van der Waals surface area contributed by atoms with E-state index in [0.29, 0.717) is 0 Å². The summed E-state index contributed by atoms with van der Waals surface area (Å²) in [6, 6.07) is 8.39. The minimum absolute atomic E-state index is 0.165. The van der Waals surface area contributed by atoms with Crippen molar-refractivity contribution in [1.82, 2.24) is 4.90 Å². The highest BCUT2D eigenvalue weighted by Crippen LogP contribution is 2.58. The molecule has 2 aliphatic heterocycles. The number of nitrogens with zero attached hydrogens (tertiary/aromatic N) is 1. The summed E-state index contributed by atoms with van der Waals surface area (Å²) in [7, 11) is 7.31. The van der Waals surface area contributed by atoms with Gasteiger partial charge in [-0.1, -0.05) is 6.07 Å². The van der Waals surface area contributed by atoms with Gasteiger partial charge in [-0.15, -0.1) is 0 Å². The number of ether oxygens (including phenoxy) is 5. The molecule has 2 atom stereocenters. The molecule has 0 saturated carbocycles. The van der Waals surface area contributed by atoms with Crippen molar-refractivity contribution in [1.29, 1.82) is 0 Å². The number of benzene rings is 2. The number of fused-ring (bicyclic) bond motifs is 5. The predicted octanol–water partition coefficient (Wildman–Crippen LogP) is 3.06. The van der Waals surface area contributed by atoms with Gasteiger partial charge in [-0.3, -0.25) is 4.90 Å². The van der Waals surface area contributed by atoms with Gasteiger partial charge in [0.15, 0.2) is 23.0 Å². The number of methoxy groups -OCH3 is 3. The second-order valence-corrected chi connectivity index (χ2v) is 7.62. The van der Waals surface area contributed by atoms with E-state index in [4.69, 9.17) is 23.7 Å². The van der Waals surface area contributed by atoms with E-state index in [2.05, 4.69) is 30.1 Å². The third-order valence-corrected chi connectivity index (χ3v) is 6.53. The van der Waals surface area contributed by atoms with Crippen LogP contribution in [0.1, 0.15) is 28.4 Å². The summed E-state index contributed by atoms with van der Waals surface area (Å²) < 4.78 is 28.8. The van der Waals surface area contributed by atoms with Crippen molar-refractivity contribution < 1.29 is 23.7 Å². The Labute approximate surface area is 164 Å². The Bertz CT molecular complexity index is 943. The minimum Gasteiger partial charge on any atom is -0.493 e. The number of hydrogen-bond acceptors (Lipinski definition) is 6. The molecule has 6 heteroatoms. The summed E-state index contributed by atoms with van der Waals surface area (Å²) in [6.45, 7) is 1.20. The average Bonchev–Trinajstić information content (AvgIpc) is 3.32. The molecule has 0 aromatic heterocycles. The third-order valence-electron chi connectivity index (χ3n) is 6.53. The number of rotatable bonds is 3. The van der Waals surface area contributed by atoms with E-state index in [0.717, 1.165) is 47.9 Å². The number of likely N-dealkylation sites (N-methyl/N-ethyl adjacent to an activating group) is 1. The summed E-state index contributed by atoms with van der Waals surface area (Å²) in [5, 5.41) is 0. The van der Waals surface area contributed by atoms with Crippen LogP contribution in [0.5, 0.6) is 23.0 Å². The molecule has 2 aromatic rings. The Morgan fingerprint density at radius 1 is 1.04 bits per heavy atom.